The van der Waals surface area contributed by atoms with Crippen LogP contribution >= 0.6 is 0 Å². The van der Waals surface area contributed by atoms with E-state index in [-0.39, 0.29) is 17.8 Å². The van der Waals surface area contributed by atoms with Gasteiger partial charge in [-0.15, -0.1) is 0 Å². The highest BCUT2D eigenvalue weighted by atomic mass is 19.2. The Kier molecular flexibility index (Phi) is 4.42. The molecule has 0 saturated heterocycles. The zero-order valence-electron chi connectivity index (χ0n) is 14.3. The van der Waals surface area contributed by atoms with Gasteiger partial charge in [-0.05, 0) is 19.1 Å². The molecule has 4 aromatic rings. The maximum Gasteiger partial charge on any atom is 0.264 e. The summed E-state index contributed by atoms with van der Waals surface area (Å²) in [7, 11) is 0. The molecular weight excluding hydrogens is 378 g/mol. The van der Waals surface area contributed by atoms with Crippen LogP contribution in [-0.2, 0) is 6.61 Å². The number of fused-ring (bicyclic) bond motifs is 1. The number of rotatable bonds is 4. The predicted molar refractivity (Wildman–Crippen MR) is 90.4 cm³/mol. The van der Waals surface area contributed by atoms with Crippen molar-refractivity contribution in [1.29, 1.82) is 0 Å². The highest BCUT2D eigenvalue weighted by Crippen LogP contribution is 2.29. The molecule has 0 aliphatic carbocycles. The number of aromatic nitrogens is 3. The SMILES string of the molecule is Cc1cc(-c2noc(COc3c(F)c(F)cc(F)c3F)n2)c2ccccc2n1. The Morgan fingerprint density at radius 3 is 2.43 bits per heavy atom. The van der Waals surface area contributed by atoms with E-state index in [1.165, 1.54) is 0 Å². The minimum atomic E-state index is -1.64. The van der Waals surface area contributed by atoms with Gasteiger partial charge in [-0.1, -0.05) is 23.4 Å². The van der Waals surface area contributed by atoms with Gasteiger partial charge in [0, 0.05) is 22.7 Å². The number of nitrogens with zero attached hydrogens (tertiary/aromatic N) is 3. The van der Waals surface area contributed by atoms with Crippen molar-refractivity contribution in [3.05, 3.63) is 71.3 Å². The molecule has 0 bridgehead atoms. The Bertz CT molecular complexity index is 1170. The fourth-order valence-corrected chi connectivity index (χ4v) is 2.73. The van der Waals surface area contributed by atoms with Gasteiger partial charge in [-0.3, -0.25) is 4.98 Å². The second-order valence-corrected chi connectivity index (χ2v) is 5.93. The van der Waals surface area contributed by atoms with E-state index in [1.807, 2.05) is 31.2 Å². The lowest BCUT2D eigenvalue weighted by molar-refractivity contribution is 0.218. The van der Waals surface area contributed by atoms with Crippen molar-refractivity contribution < 1.29 is 26.8 Å². The van der Waals surface area contributed by atoms with E-state index in [0.717, 1.165) is 16.6 Å². The van der Waals surface area contributed by atoms with Crippen molar-refractivity contribution in [2.45, 2.75) is 13.5 Å². The number of aryl methyl sites for hydroxylation is 1. The van der Waals surface area contributed by atoms with Gasteiger partial charge in [0.05, 0.1) is 5.52 Å². The Hall–Kier alpha value is -3.49. The lowest BCUT2D eigenvalue weighted by Gasteiger charge is -2.07. The van der Waals surface area contributed by atoms with Gasteiger partial charge in [0.2, 0.25) is 17.5 Å². The van der Waals surface area contributed by atoms with E-state index in [0.29, 0.717) is 5.56 Å². The molecule has 142 valence electrons. The van der Waals surface area contributed by atoms with Crippen molar-refractivity contribution in [1.82, 2.24) is 15.1 Å². The number of ether oxygens (including phenoxy) is 1. The minimum absolute atomic E-state index is 0.0964. The maximum absolute atomic E-state index is 13.7. The number of hydrogen-bond acceptors (Lipinski definition) is 5. The van der Waals surface area contributed by atoms with E-state index >= 15 is 0 Å². The summed E-state index contributed by atoms with van der Waals surface area (Å²) in [5.41, 5.74) is 2.11. The van der Waals surface area contributed by atoms with Gasteiger partial charge in [0.25, 0.3) is 5.89 Å². The number of benzene rings is 2. The zero-order chi connectivity index (χ0) is 19.8. The van der Waals surface area contributed by atoms with Gasteiger partial charge in [0.15, 0.2) is 24.0 Å². The normalized spacial score (nSPS) is 11.2. The average Bonchev–Trinajstić information content (AvgIpc) is 3.14. The van der Waals surface area contributed by atoms with Crippen LogP contribution in [0.15, 0.2) is 40.9 Å². The topological polar surface area (TPSA) is 61.0 Å². The summed E-state index contributed by atoms with van der Waals surface area (Å²) in [6, 6.07) is 9.20. The van der Waals surface area contributed by atoms with Crippen LogP contribution in [-0.4, -0.2) is 15.1 Å². The molecule has 2 aromatic heterocycles. The number of para-hydroxylation sites is 1. The van der Waals surface area contributed by atoms with Crippen LogP contribution in [0.3, 0.4) is 0 Å². The number of pyridine rings is 1. The van der Waals surface area contributed by atoms with Crippen LogP contribution in [0.5, 0.6) is 5.75 Å². The minimum Gasteiger partial charge on any atom is -0.477 e. The molecule has 0 aliphatic heterocycles. The van der Waals surface area contributed by atoms with Crippen molar-refractivity contribution in [3.8, 4) is 17.1 Å². The summed E-state index contributed by atoms with van der Waals surface area (Å²) >= 11 is 0. The summed E-state index contributed by atoms with van der Waals surface area (Å²) < 4.78 is 63.7. The monoisotopic (exact) mass is 389 g/mol. The molecule has 0 spiro atoms. The third-order valence-electron chi connectivity index (χ3n) is 3.96. The molecule has 0 N–H and O–H groups in total. The molecule has 4 rings (SSSR count). The fourth-order valence-electron chi connectivity index (χ4n) is 2.73. The van der Waals surface area contributed by atoms with Crippen LogP contribution in [0.4, 0.5) is 17.6 Å². The first-order chi connectivity index (χ1) is 13.4. The highest BCUT2D eigenvalue weighted by Gasteiger charge is 2.22. The smallest absolute Gasteiger partial charge is 0.264 e. The van der Waals surface area contributed by atoms with Crippen LogP contribution in [0.25, 0.3) is 22.3 Å². The highest BCUT2D eigenvalue weighted by molar-refractivity contribution is 5.92. The molecule has 0 fully saturated rings. The summed E-state index contributed by atoms with van der Waals surface area (Å²) in [6.45, 7) is 1.23. The lowest BCUT2D eigenvalue weighted by Crippen LogP contribution is -2.04. The standard InChI is InChI=1S/C19H11F4N3O2/c1-9-6-11(10-4-2-3-5-14(10)24-9)19-25-15(28-26-19)8-27-18-16(22)12(20)7-13(21)17(18)23/h2-7H,8H2,1H3. The first-order valence-electron chi connectivity index (χ1n) is 8.09. The molecule has 9 heteroatoms. The Morgan fingerprint density at radius 1 is 0.964 bits per heavy atom. The van der Waals surface area contributed by atoms with Crippen LogP contribution in [0.1, 0.15) is 11.6 Å². The lowest BCUT2D eigenvalue weighted by atomic mass is 10.1. The van der Waals surface area contributed by atoms with Gasteiger partial charge >= 0.3 is 0 Å². The third-order valence-corrected chi connectivity index (χ3v) is 3.96. The van der Waals surface area contributed by atoms with E-state index in [4.69, 9.17) is 9.26 Å². The molecule has 5 nitrogen and oxygen atoms in total. The largest absolute Gasteiger partial charge is 0.477 e. The number of hydrogen-bond donors (Lipinski definition) is 0. The van der Waals surface area contributed by atoms with Crippen molar-refractivity contribution in [2.75, 3.05) is 0 Å². The van der Waals surface area contributed by atoms with Gasteiger partial charge in [-0.25, -0.2) is 8.78 Å². The summed E-state index contributed by atoms with van der Waals surface area (Å²) in [5.74, 6) is -7.53. The summed E-state index contributed by atoms with van der Waals surface area (Å²) in [4.78, 5) is 8.54. The van der Waals surface area contributed by atoms with Crippen molar-refractivity contribution >= 4 is 10.9 Å². The summed E-state index contributed by atoms with van der Waals surface area (Å²) in [6.07, 6.45) is 0. The zero-order valence-corrected chi connectivity index (χ0v) is 14.3. The van der Waals surface area contributed by atoms with Crippen LogP contribution < -0.4 is 4.74 Å². The molecule has 28 heavy (non-hydrogen) atoms. The molecule has 0 radical (unpaired) electrons. The first-order valence-corrected chi connectivity index (χ1v) is 8.09. The van der Waals surface area contributed by atoms with E-state index in [2.05, 4.69) is 15.1 Å². The van der Waals surface area contributed by atoms with Crippen LogP contribution in [0, 0.1) is 30.2 Å². The molecular formula is C19H11F4N3O2. The van der Waals surface area contributed by atoms with Crippen LogP contribution in [0.2, 0.25) is 0 Å². The van der Waals surface area contributed by atoms with Crippen molar-refractivity contribution in [3.63, 3.8) is 0 Å². The summed E-state index contributed by atoms with van der Waals surface area (Å²) in [5, 5.41) is 4.62. The van der Waals surface area contributed by atoms with Crippen molar-refractivity contribution in [2.24, 2.45) is 0 Å². The average molecular weight is 389 g/mol. The van der Waals surface area contributed by atoms with Gasteiger partial charge in [-0.2, -0.15) is 13.8 Å². The quantitative estimate of drug-likeness (QED) is 0.373. The molecule has 2 aromatic carbocycles. The predicted octanol–water partition coefficient (Wildman–Crippen LogP) is 4.73. The van der Waals surface area contributed by atoms with E-state index < -0.39 is 35.6 Å². The third kappa shape index (κ3) is 3.15. The molecule has 0 amide bonds. The Morgan fingerprint density at radius 2 is 1.68 bits per heavy atom. The Labute approximate surface area is 155 Å². The molecule has 2 heterocycles. The molecule has 0 aliphatic rings. The maximum atomic E-state index is 13.7. The second kappa shape index (κ2) is 6.91. The van der Waals surface area contributed by atoms with Gasteiger partial charge < -0.3 is 9.26 Å². The van der Waals surface area contributed by atoms with E-state index in [1.54, 1.807) is 6.07 Å². The fraction of sp³-hybridized carbons (Fsp3) is 0.105. The molecule has 0 unspecified atom stereocenters. The Balaban J connectivity index is 1.64. The number of halogens is 4. The van der Waals surface area contributed by atoms with E-state index in [9.17, 15) is 17.6 Å². The molecule has 0 atom stereocenters. The first kappa shape index (κ1) is 17.9. The molecule has 0 saturated carbocycles. The second-order valence-electron chi connectivity index (χ2n) is 5.93. The van der Waals surface area contributed by atoms with Gasteiger partial charge in [0.1, 0.15) is 0 Å².